The molecule has 1 amide bonds. The molecule has 0 radical (unpaired) electrons. The molecular weight excluding hydrogens is 320 g/mol. The second kappa shape index (κ2) is 8.67. The van der Waals surface area contributed by atoms with Gasteiger partial charge in [-0.25, -0.2) is 0 Å². The monoisotopic (exact) mass is 346 g/mol. The van der Waals surface area contributed by atoms with Gasteiger partial charge in [-0.1, -0.05) is 19.8 Å². The van der Waals surface area contributed by atoms with Crippen LogP contribution in [0, 0.1) is 12.8 Å². The predicted molar refractivity (Wildman–Crippen MR) is 96.6 cm³/mol. The first-order valence-corrected chi connectivity index (χ1v) is 8.65. The van der Waals surface area contributed by atoms with Crippen molar-refractivity contribution in [2.24, 2.45) is 5.92 Å². The van der Waals surface area contributed by atoms with Gasteiger partial charge in [-0.2, -0.15) is 0 Å². The van der Waals surface area contributed by atoms with E-state index >= 15 is 0 Å². The smallest absolute Gasteiger partial charge is 0.306 e. The average Bonchev–Trinajstić information content (AvgIpc) is 3.05. The van der Waals surface area contributed by atoms with Crippen LogP contribution in [0.25, 0.3) is 10.9 Å². The summed E-state index contributed by atoms with van der Waals surface area (Å²) >= 11 is 0. The molecule has 2 aromatic rings. The molecule has 0 unspecified atom stereocenters. The third kappa shape index (κ3) is 5.32. The molecule has 0 fully saturated rings. The maximum absolute atomic E-state index is 12.3. The van der Waals surface area contributed by atoms with E-state index in [0.29, 0.717) is 18.4 Å². The van der Waals surface area contributed by atoms with E-state index in [1.54, 1.807) is 6.92 Å². The molecule has 0 aliphatic rings. The van der Waals surface area contributed by atoms with E-state index in [1.807, 2.05) is 31.3 Å². The number of benzene rings is 1. The zero-order valence-electron chi connectivity index (χ0n) is 14.7. The standard InChI is InChI=1S/C19H26N2O4/c1-12(19(24)25)5-3-4-6-16(22)11-21-18(23)15-9-13(2)17-14(10-15)7-8-20-17/h7-10,12,16,20,22H,3-6,11H2,1-2H3,(H,21,23)(H,24,25)/t12-,16-/m0/s1. The number of carboxylic acid groups (broad SMARTS) is 1. The van der Waals surface area contributed by atoms with Crippen molar-refractivity contribution in [1.82, 2.24) is 10.3 Å². The number of fused-ring (bicyclic) bond motifs is 1. The van der Waals surface area contributed by atoms with Crippen LogP contribution in [-0.4, -0.2) is 39.7 Å². The van der Waals surface area contributed by atoms with Gasteiger partial charge >= 0.3 is 5.97 Å². The number of hydrogen-bond donors (Lipinski definition) is 4. The minimum Gasteiger partial charge on any atom is -0.481 e. The number of rotatable bonds is 9. The molecule has 6 nitrogen and oxygen atoms in total. The van der Waals surface area contributed by atoms with E-state index < -0.39 is 12.1 Å². The number of aromatic amines is 1. The molecule has 0 aliphatic heterocycles. The van der Waals surface area contributed by atoms with Crippen LogP contribution in [0.5, 0.6) is 0 Å². The lowest BCUT2D eigenvalue weighted by molar-refractivity contribution is -0.141. The van der Waals surface area contributed by atoms with Crippen molar-refractivity contribution in [2.75, 3.05) is 6.54 Å². The third-order valence-electron chi connectivity index (χ3n) is 4.46. The second-order valence-corrected chi connectivity index (χ2v) is 6.62. The summed E-state index contributed by atoms with van der Waals surface area (Å²) in [5.41, 5.74) is 2.60. The van der Waals surface area contributed by atoms with Crippen LogP contribution in [0.1, 0.15) is 48.5 Å². The number of nitrogens with one attached hydrogen (secondary N) is 2. The van der Waals surface area contributed by atoms with E-state index in [-0.39, 0.29) is 18.4 Å². The number of aliphatic hydroxyl groups excluding tert-OH is 1. The lowest BCUT2D eigenvalue weighted by Crippen LogP contribution is -2.32. The molecule has 1 aromatic heterocycles. The fourth-order valence-electron chi connectivity index (χ4n) is 2.86. The lowest BCUT2D eigenvalue weighted by atomic mass is 10.0. The normalized spacial score (nSPS) is 13.6. The van der Waals surface area contributed by atoms with Gasteiger partial charge in [0.25, 0.3) is 5.91 Å². The number of aliphatic hydroxyl groups is 1. The van der Waals surface area contributed by atoms with Crippen molar-refractivity contribution < 1.29 is 19.8 Å². The molecular formula is C19H26N2O4. The van der Waals surface area contributed by atoms with Gasteiger partial charge in [0.2, 0.25) is 0 Å². The van der Waals surface area contributed by atoms with Crippen molar-refractivity contribution in [3.63, 3.8) is 0 Å². The van der Waals surface area contributed by atoms with Crippen molar-refractivity contribution >= 4 is 22.8 Å². The van der Waals surface area contributed by atoms with Crippen LogP contribution in [0.2, 0.25) is 0 Å². The van der Waals surface area contributed by atoms with Crippen LogP contribution in [0.15, 0.2) is 24.4 Å². The molecule has 25 heavy (non-hydrogen) atoms. The predicted octanol–water partition coefficient (Wildman–Crippen LogP) is 2.85. The summed E-state index contributed by atoms with van der Waals surface area (Å²) in [4.78, 5) is 26.1. The minimum absolute atomic E-state index is 0.192. The highest BCUT2D eigenvalue weighted by atomic mass is 16.4. The van der Waals surface area contributed by atoms with Crippen LogP contribution >= 0.6 is 0 Å². The molecule has 6 heteroatoms. The highest BCUT2D eigenvalue weighted by molar-refractivity contribution is 5.99. The first-order chi connectivity index (χ1) is 11.9. The molecule has 0 saturated carbocycles. The first kappa shape index (κ1) is 19.0. The summed E-state index contributed by atoms with van der Waals surface area (Å²) in [6, 6.07) is 5.58. The van der Waals surface area contributed by atoms with E-state index in [1.165, 1.54) is 0 Å². The SMILES string of the molecule is Cc1cc(C(=O)NC[C@@H](O)CCCC[C@H](C)C(=O)O)cc2cc[nH]c12. The Morgan fingerprint density at radius 1 is 1.24 bits per heavy atom. The summed E-state index contributed by atoms with van der Waals surface area (Å²) in [5, 5.41) is 22.5. The Morgan fingerprint density at radius 3 is 2.68 bits per heavy atom. The van der Waals surface area contributed by atoms with Crippen LogP contribution < -0.4 is 5.32 Å². The number of hydrogen-bond acceptors (Lipinski definition) is 3. The molecule has 4 N–H and O–H groups in total. The highest BCUT2D eigenvalue weighted by Gasteiger charge is 2.13. The number of H-pyrrole nitrogens is 1. The van der Waals surface area contributed by atoms with Gasteiger partial charge in [-0.15, -0.1) is 0 Å². The molecule has 2 rings (SSSR count). The van der Waals surface area contributed by atoms with E-state index in [2.05, 4.69) is 10.3 Å². The Labute approximate surface area is 147 Å². The molecule has 136 valence electrons. The third-order valence-corrected chi connectivity index (χ3v) is 4.46. The number of carbonyl (C=O) groups excluding carboxylic acids is 1. The Balaban J connectivity index is 1.76. The van der Waals surface area contributed by atoms with Gasteiger partial charge in [-0.3, -0.25) is 9.59 Å². The van der Waals surface area contributed by atoms with Gasteiger partial charge in [-0.05, 0) is 43.5 Å². The van der Waals surface area contributed by atoms with E-state index in [9.17, 15) is 14.7 Å². The Hall–Kier alpha value is -2.34. The molecule has 1 heterocycles. The maximum Gasteiger partial charge on any atom is 0.306 e. The number of carbonyl (C=O) groups is 2. The first-order valence-electron chi connectivity index (χ1n) is 8.65. The molecule has 0 spiro atoms. The average molecular weight is 346 g/mol. The Kier molecular flexibility index (Phi) is 6.58. The van der Waals surface area contributed by atoms with Crippen LogP contribution in [0.4, 0.5) is 0 Å². The van der Waals surface area contributed by atoms with Crippen molar-refractivity contribution in [3.05, 3.63) is 35.5 Å². The summed E-state index contributed by atoms with van der Waals surface area (Å²) in [6.07, 6.45) is 3.85. The fraction of sp³-hybridized carbons (Fsp3) is 0.474. The van der Waals surface area contributed by atoms with Crippen molar-refractivity contribution in [3.8, 4) is 0 Å². The summed E-state index contributed by atoms with van der Waals surface area (Å²) < 4.78 is 0. The van der Waals surface area contributed by atoms with Gasteiger partial charge in [0, 0.05) is 29.2 Å². The van der Waals surface area contributed by atoms with Crippen LogP contribution in [0.3, 0.4) is 0 Å². The van der Waals surface area contributed by atoms with Crippen molar-refractivity contribution in [2.45, 2.75) is 45.6 Å². The number of aromatic nitrogens is 1. The van der Waals surface area contributed by atoms with E-state index in [0.717, 1.165) is 29.3 Å². The van der Waals surface area contributed by atoms with Gasteiger partial charge < -0.3 is 20.5 Å². The zero-order valence-corrected chi connectivity index (χ0v) is 14.7. The number of unbranched alkanes of at least 4 members (excludes halogenated alkanes) is 1. The number of carboxylic acids is 1. The summed E-state index contributed by atoms with van der Waals surface area (Å²) in [7, 11) is 0. The molecule has 1 aromatic carbocycles. The second-order valence-electron chi connectivity index (χ2n) is 6.62. The fourth-order valence-corrected chi connectivity index (χ4v) is 2.86. The molecule has 2 atom stereocenters. The van der Waals surface area contributed by atoms with Gasteiger partial charge in [0.05, 0.1) is 12.0 Å². The summed E-state index contributed by atoms with van der Waals surface area (Å²) in [5.74, 6) is -1.35. The molecule has 0 aliphatic carbocycles. The van der Waals surface area contributed by atoms with Crippen molar-refractivity contribution in [1.29, 1.82) is 0 Å². The minimum atomic E-state index is -0.789. The van der Waals surface area contributed by atoms with Crippen LogP contribution in [-0.2, 0) is 4.79 Å². The van der Waals surface area contributed by atoms with Gasteiger partial charge in [0.1, 0.15) is 0 Å². The zero-order chi connectivity index (χ0) is 18.4. The van der Waals surface area contributed by atoms with E-state index in [4.69, 9.17) is 5.11 Å². The largest absolute Gasteiger partial charge is 0.481 e. The molecule has 0 saturated heterocycles. The van der Waals surface area contributed by atoms with Gasteiger partial charge in [0.15, 0.2) is 0 Å². The lowest BCUT2D eigenvalue weighted by Gasteiger charge is -2.13. The Bertz CT molecular complexity index is 738. The number of aryl methyl sites for hydroxylation is 1. The number of amides is 1. The Morgan fingerprint density at radius 2 is 1.96 bits per heavy atom. The number of aliphatic carboxylic acids is 1. The molecule has 0 bridgehead atoms. The quantitative estimate of drug-likeness (QED) is 0.524. The maximum atomic E-state index is 12.3. The summed E-state index contributed by atoms with van der Waals surface area (Å²) in [6.45, 7) is 3.82. The topological polar surface area (TPSA) is 102 Å². The highest BCUT2D eigenvalue weighted by Crippen LogP contribution is 2.19.